The second-order valence-electron chi connectivity index (χ2n) is 4.54. The van der Waals surface area contributed by atoms with E-state index in [1.165, 1.54) is 11.7 Å². The van der Waals surface area contributed by atoms with E-state index in [4.69, 9.17) is 0 Å². The predicted octanol–water partition coefficient (Wildman–Crippen LogP) is 3.49. The Labute approximate surface area is 125 Å². The van der Waals surface area contributed by atoms with Crippen LogP contribution in [-0.2, 0) is 12.6 Å². The number of anilines is 1. The summed E-state index contributed by atoms with van der Waals surface area (Å²) in [6, 6.07) is 3.60. The zero-order valence-electron chi connectivity index (χ0n) is 11.8. The summed E-state index contributed by atoms with van der Waals surface area (Å²) >= 11 is 4.33. The van der Waals surface area contributed by atoms with Crippen molar-refractivity contribution in [2.45, 2.75) is 31.3 Å². The van der Waals surface area contributed by atoms with E-state index in [9.17, 15) is 13.2 Å². The number of hydrogen-bond acceptors (Lipinski definition) is 4. The highest BCUT2D eigenvalue weighted by molar-refractivity contribution is 7.80. The van der Waals surface area contributed by atoms with E-state index in [1.54, 1.807) is 6.07 Å². The summed E-state index contributed by atoms with van der Waals surface area (Å²) in [5.41, 5.74) is 2.38. The molecule has 1 aromatic heterocycles. The first-order valence-electron chi connectivity index (χ1n) is 6.32. The van der Waals surface area contributed by atoms with Crippen molar-refractivity contribution in [3.8, 4) is 5.69 Å². The molecule has 0 radical (unpaired) electrons. The fraction of sp³-hybridized carbons (Fsp3) is 0.385. The Morgan fingerprint density at radius 1 is 1.33 bits per heavy atom. The molecule has 1 aromatic carbocycles. The van der Waals surface area contributed by atoms with Crippen LogP contribution >= 0.6 is 12.6 Å². The molecule has 0 unspecified atom stereocenters. The molecule has 1 heterocycles. The van der Waals surface area contributed by atoms with Gasteiger partial charge in [-0.15, -0.1) is 17.7 Å². The van der Waals surface area contributed by atoms with Crippen LogP contribution in [-0.4, -0.2) is 21.8 Å². The highest BCUT2D eigenvalue weighted by Gasteiger charge is 2.37. The minimum absolute atomic E-state index is 0.0358. The normalized spacial score (nSPS) is 11.8. The molecule has 1 N–H and O–H groups in total. The lowest BCUT2D eigenvalue weighted by Gasteiger charge is -2.12. The van der Waals surface area contributed by atoms with Crippen LogP contribution in [0.15, 0.2) is 17.0 Å². The maximum absolute atomic E-state index is 12.8. The summed E-state index contributed by atoms with van der Waals surface area (Å²) in [6.45, 7) is 3.82. The number of thiol groups is 1. The van der Waals surface area contributed by atoms with Crippen LogP contribution in [0.5, 0.6) is 0 Å². The smallest absolute Gasteiger partial charge is 0.357 e. The maximum Gasteiger partial charge on any atom is 0.453 e. The standard InChI is InChI=1S/C13H15F3N4S/c1-4-8-5-7(2)10(21)6-9(8)20-12(17-3)18-11(19-20)13(14,15)16/h5-6,21H,4H2,1-3H3,(H,17,18,19). The van der Waals surface area contributed by atoms with E-state index in [0.29, 0.717) is 17.0 Å². The number of nitrogens with one attached hydrogen (secondary N) is 1. The fourth-order valence-electron chi connectivity index (χ4n) is 1.99. The Balaban J connectivity index is 2.66. The van der Waals surface area contributed by atoms with Gasteiger partial charge in [-0.1, -0.05) is 13.0 Å². The number of aromatic nitrogens is 3. The van der Waals surface area contributed by atoms with E-state index in [-0.39, 0.29) is 5.95 Å². The lowest BCUT2D eigenvalue weighted by atomic mass is 10.1. The first-order chi connectivity index (χ1) is 9.77. The Kier molecular flexibility index (Phi) is 4.18. The summed E-state index contributed by atoms with van der Waals surface area (Å²) in [4.78, 5) is 4.18. The van der Waals surface area contributed by atoms with Crippen molar-refractivity contribution in [1.29, 1.82) is 0 Å². The number of aryl methyl sites for hydroxylation is 2. The largest absolute Gasteiger partial charge is 0.453 e. The third kappa shape index (κ3) is 2.99. The van der Waals surface area contributed by atoms with Crippen molar-refractivity contribution in [2.24, 2.45) is 0 Å². The van der Waals surface area contributed by atoms with Crippen molar-refractivity contribution in [2.75, 3.05) is 12.4 Å². The van der Waals surface area contributed by atoms with E-state index in [0.717, 1.165) is 11.1 Å². The fourth-order valence-corrected chi connectivity index (χ4v) is 2.17. The van der Waals surface area contributed by atoms with E-state index in [1.807, 2.05) is 19.9 Å². The quantitative estimate of drug-likeness (QED) is 0.852. The van der Waals surface area contributed by atoms with E-state index < -0.39 is 12.0 Å². The second kappa shape index (κ2) is 5.59. The molecule has 0 fully saturated rings. The van der Waals surface area contributed by atoms with Gasteiger partial charge in [-0.3, -0.25) is 0 Å². The van der Waals surface area contributed by atoms with Crippen molar-refractivity contribution in [1.82, 2.24) is 14.8 Å². The minimum atomic E-state index is -4.59. The second-order valence-corrected chi connectivity index (χ2v) is 5.02. The molecule has 114 valence electrons. The third-order valence-electron chi connectivity index (χ3n) is 3.09. The van der Waals surface area contributed by atoms with Gasteiger partial charge >= 0.3 is 6.18 Å². The van der Waals surface area contributed by atoms with E-state index in [2.05, 4.69) is 28.0 Å². The number of nitrogens with zero attached hydrogens (tertiary/aromatic N) is 3. The topological polar surface area (TPSA) is 42.7 Å². The van der Waals surface area contributed by atoms with Gasteiger partial charge in [0.05, 0.1) is 5.69 Å². The highest BCUT2D eigenvalue weighted by atomic mass is 32.1. The van der Waals surface area contributed by atoms with Gasteiger partial charge in [-0.2, -0.15) is 22.8 Å². The molecule has 0 aliphatic carbocycles. The third-order valence-corrected chi connectivity index (χ3v) is 3.57. The van der Waals surface area contributed by atoms with Gasteiger partial charge in [0, 0.05) is 11.9 Å². The van der Waals surface area contributed by atoms with Gasteiger partial charge in [-0.05, 0) is 30.5 Å². The molecule has 8 heteroatoms. The van der Waals surface area contributed by atoms with Crippen molar-refractivity contribution in [3.63, 3.8) is 0 Å². The summed E-state index contributed by atoms with van der Waals surface area (Å²) in [7, 11) is 1.50. The lowest BCUT2D eigenvalue weighted by molar-refractivity contribution is -0.144. The number of benzene rings is 1. The Hall–Kier alpha value is -1.70. The summed E-state index contributed by atoms with van der Waals surface area (Å²) in [5, 5.41) is 6.22. The van der Waals surface area contributed by atoms with Crippen LogP contribution in [0.25, 0.3) is 5.69 Å². The molecule has 0 bridgehead atoms. The molecule has 2 aromatic rings. The number of halogens is 3. The Morgan fingerprint density at radius 2 is 2.00 bits per heavy atom. The van der Waals surface area contributed by atoms with Crippen LogP contribution in [0, 0.1) is 6.92 Å². The zero-order chi connectivity index (χ0) is 15.8. The molecule has 0 atom stereocenters. The van der Waals surface area contributed by atoms with Crippen LogP contribution in [0.1, 0.15) is 23.9 Å². The average Bonchev–Trinajstić information content (AvgIpc) is 2.85. The SMILES string of the molecule is CCc1cc(C)c(S)cc1-n1nc(C(F)(F)F)nc1NC. The average molecular weight is 316 g/mol. The summed E-state index contributed by atoms with van der Waals surface area (Å²) in [5.74, 6) is -1.14. The van der Waals surface area contributed by atoms with Gasteiger partial charge < -0.3 is 5.32 Å². The molecule has 0 aliphatic rings. The molecule has 21 heavy (non-hydrogen) atoms. The molecule has 4 nitrogen and oxygen atoms in total. The monoisotopic (exact) mass is 316 g/mol. The van der Waals surface area contributed by atoms with Crippen LogP contribution < -0.4 is 5.32 Å². The molecule has 0 aliphatic heterocycles. The molecule has 0 spiro atoms. The summed E-state index contributed by atoms with van der Waals surface area (Å²) < 4.78 is 39.5. The first kappa shape index (κ1) is 15.7. The molecule has 0 saturated heterocycles. The lowest BCUT2D eigenvalue weighted by Crippen LogP contribution is -2.09. The van der Waals surface area contributed by atoms with Gasteiger partial charge in [0.1, 0.15) is 0 Å². The minimum Gasteiger partial charge on any atom is -0.357 e. The van der Waals surface area contributed by atoms with Crippen molar-refractivity contribution in [3.05, 3.63) is 29.1 Å². The molecule has 2 rings (SSSR count). The molecular formula is C13H15F3N4S. The number of hydrogen-bond donors (Lipinski definition) is 2. The summed E-state index contributed by atoms with van der Waals surface area (Å²) in [6.07, 6.45) is -3.92. The van der Waals surface area contributed by atoms with Crippen LogP contribution in [0.3, 0.4) is 0 Å². The Morgan fingerprint density at radius 3 is 2.52 bits per heavy atom. The molecule has 0 saturated carbocycles. The molecular weight excluding hydrogens is 301 g/mol. The van der Waals surface area contributed by atoms with Crippen LogP contribution in [0.2, 0.25) is 0 Å². The Bertz CT molecular complexity index is 664. The van der Waals surface area contributed by atoms with Gasteiger partial charge in [0.15, 0.2) is 0 Å². The van der Waals surface area contributed by atoms with Crippen molar-refractivity contribution < 1.29 is 13.2 Å². The highest BCUT2D eigenvalue weighted by Crippen LogP contribution is 2.30. The maximum atomic E-state index is 12.8. The van der Waals surface area contributed by atoms with E-state index >= 15 is 0 Å². The number of rotatable bonds is 3. The predicted molar refractivity (Wildman–Crippen MR) is 77.3 cm³/mol. The first-order valence-corrected chi connectivity index (χ1v) is 6.77. The van der Waals surface area contributed by atoms with Gasteiger partial charge in [-0.25, -0.2) is 0 Å². The van der Waals surface area contributed by atoms with Crippen LogP contribution in [0.4, 0.5) is 19.1 Å². The zero-order valence-corrected chi connectivity index (χ0v) is 12.7. The number of alkyl halides is 3. The van der Waals surface area contributed by atoms with Gasteiger partial charge in [0.25, 0.3) is 5.82 Å². The van der Waals surface area contributed by atoms with Crippen molar-refractivity contribution >= 4 is 18.6 Å². The molecule has 0 amide bonds. The van der Waals surface area contributed by atoms with Gasteiger partial charge in [0.2, 0.25) is 5.95 Å².